The smallest absolute Gasteiger partial charge is 0.331 e. The minimum atomic E-state index is -0.482. The number of halogens is 1. The van der Waals surface area contributed by atoms with Gasteiger partial charge in [-0.15, -0.1) is 11.6 Å². The molecule has 0 saturated heterocycles. The number of hydrogen-bond donors (Lipinski definition) is 0. The molecule has 0 atom stereocenters. The molecule has 22 heavy (non-hydrogen) atoms. The number of fused-ring (bicyclic) bond motifs is 1. The molecule has 1 heterocycles. The van der Waals surface area contributed by atoms with Crippen LogP contribution >= 0.6 is 11.6 Å². The van der Waals surface area contributed by atoms with E-state index < -0.39 is 5.60 Å². The van der Waals surface area contributed by atoms with Crippen molar-refractivity contribution in [2.75, 3.05) is 12.5 Å². The van der Waals surface area contributed by atoms with Crippen LogP contribution in [0.5, 0.6) is 5.75 Å². The Hall–Kier alpha value is -1.48. The summed E-state index contributed by atoms with van der Waals surface area (Å²) in [5, 5.41) is 0. The average Bonchev–Trinajstić information content (AvgIpc) is 2.89. The predicted octanol–water partition coefficient (Wildman–Crippen LogP) is 4.15. The lowest BCUT2D eigenvalue weighted by molar-refractivity contribution is -0.148. The molecule has 3 nitrogen and oxygen atoms in total. The quantitative estimate of drug-likeness (QED) is 0.464. The van der Waals surface area contributed by atoms with Gasteiger partial charge in [-0.05, 0) is 56.9 Å². The first-order valence-electron chi connectivity index (χ1n) is 7.65. The van der Waals surface area contributed by atoms with Gasteiger partial charge >= 0.3 is 5.97 Å². The molecule has 1 aromatic carbocycles. The number of esters is 1. The normalized spacial score (nSPS) is 14.0. The molecular formula is C18H23ClO3. The van der Waals surface area contributed by atoms with E-state index in [0.717, 1.165) is 30.6 Å². The van der Waals surface area contributed by atoms with Crippen LogP contribution in [-0.2, 0) is 22.4 Å². The van der Waals surface area contributed by atoms with E-state index in [4.69, 9.17) is 21.1 Å². The number of aryl methyl sites for hydroxylation is 1. The van der Waals surface area contributed by atoms with Gasteiger partial charge in [0.25, 0.3) is 0 Å². The van der Waals surface area contributed by atoms with E-state index >= 15 is 0 Å². The summed E-state index contributed by atoms with van der Waals surface area (Å²) in [4.78, 5) is 11.9. The summed E-state index contributed by atoms with van der Waals surface area (Å²) < 4.78 is 10.9. The fourth-order valence-electron chi connectivity index (χ4n) is 2.52. The molecule has 0 amide bonds. The van der Waals surface area contributed by atoms with Gasteiger partial charge < -0.3 is 9.47 Å². The Labute approximate surface area is 137 Å². The lowest BCUT2D eigenvalue weighted by Crippen LogP contribution is -2.22. The molecule has 1 aromatic rings. The van der Waals surface area contributed by atoms with E-state index in [-0.39, 0.29) is 5.97 Å². The van der Waals surface area contributed by atoms with Crippen LogP contribution < -0.4 is 4.74 Å². The van der Waals surface area contributed by atoms with Crippen LogP contribution in [0.1, 0.15) is 43.9 Å². The third-order valence-corrected chi connectivity index (χ3v) is 3.65. The van der Waals surface area contributed by atoms with Crippen LogP contribution in [0.15, 0.2) is 18.2 Å². The van der Waals surface area contributed by atoms with Crippen molar-refractivity contribution in [3.05, 3.63) is 34.9 Å². The zero-order chi connectivity index (χ0) is 16.2. The number of rotatable bonds is 5. The molecule has 0 aliphatic carbocycles. The van der Waals surface area contributed by atoms with E-state index in [1.54, 1.807) is 0 Å². The Morgan fingerprint density at radius 1 is 1.41 bits per heavy atom. The number of ether oxygens (including phenoxy) is 2. The highest BCUT2D eigenvalue weighted by Crippen LogP contribution is 2.32. The second-order valence-electron chi connectivity index (χ2n) is 6.37. The summed E-state index contributed by atoms with van der Waals surface area (Å²) in [6.07, 6.45) is 6.03. The molecule has 0 unspecified atom stereocenters. The third-order valence-electron chi connectivity index (χ3n) is 3.39. The highest BCUT2D eigenvalue weighted by Gasteiger charge is 2.18. The summed E-state index contributed by atoms with van der Waals surface area (Å²) in [7, 11) is 0. The van der Waals surface area contributed by atoms with Crippen LogP contribution in [0.25, 0.3) is 6.08 Å². The van der Waals surface area contributed by atoms with E-state index in [9.17, 15) is 4.79 Å². The molecule has 0 aromatic heterocycles. The van der Waals surface area contributed by atoms with Crippen molar-refractivity contribution in [1.29, 1.82) is 0 Å². The second kappa shape index (κ2) is 7.19. The second-order valence-corrected chi connectivity index (χ2v) is 6.75. The summed E-state index contributed by atoms with van der Waals surface area (Å²) in [6, 6.07) is 4.07. The lowest BCUT2D eigenvalue weighted by Gasteiger charge is -2.18. The van der Waals surface area contributed by atoms with Gasteiger partial charge in [0.15, 0.2) is 0 Å². The maximum atomic E-state index is 11.9. The molecule has 2 rings (SSSR count). The monoisotopic (exact) mass is 322 g/mol. The average molecular weight is 323 g/mol. The Kier molecular flexibility index (Phi) is 5.52. The molecule has 0 radical (unpaired) electrons. The summed E-state index contributed by atoms with van der Waals surface area (Å²) in [5.74, 6) is 1.22. The molecule has 1 aliphatic heterocycles. The zero-order valence-electron chi connectivity index (χ0n) is 13.4. The van der Waals surface area contributed by atoms with Crippen molar-refractivity contribution < 1.29 is 14.3 Å². The van der Waals surface area contributed by atoms with Gasteiger partial charge in [-0.3, -0.25) is 0 Å². The van der Waals surface area contributed by atoms with Crippen molar-refractivity contribution in [3.8, 4) is 5.75 Å². The third kappa shape index (κ3) is 4.51. The number of benzene rings is 1. The first-order chi connectivity index (χ1) is 10.4. The number of carbonyl (C=O) groups excluding carboxylic acids is 1. The van der Waals surface area contributed by atoms with Gasteiger partial charge in [-0.25, -0.2) is 4.79 Å². The highest BCUT2D eigenvalue weighted by atomic mass is 35.5. The fourth-order valence-corrected chi connectivity index (χ4v) is 2.65. The topological polar surface area (TPSA) is 35.5 Å². The van der Waals surface area contributed by atoms with Gasteiger partial charge in [0.05, 0.1) is 6.61 Å². The Balaban J connectivity index is 2.24. The highest BCUT2D eigenvalue weighted by molar-refractivity contribution is 6.17. The molecule has 0 bridgehead atoms. The molecule has 0 N–H and O–H groups in total. The number of carbonyl (C=O) groups is 1. The maximum Gasteiger partial charge on any atom is 0.331 e. The summed E-state index contributed by atoms with van der Waals surface area (Å²) in [6.45, 7) is 6.28. The standard InChI is InChI=1S/C18H23ClO3/c1-18(2,3)22-17(20)9-7-14-13(5-4-11-19)6-8-16-15(14)10-12-21-16/h6-9H,4-5,10-12H2,1-3H3/b9-7+. The molecule has 0 fully saturated rings. The van der Waals surface area contributed by atoms with E-state index in [2.05, 4.69) is 6.07 Å². The van der Waals surface area contributed by atoms with Crippen molar-refractivity contribution in [3.63, 3.8) is 0 Å². The van der Waals surface area contributed by atoms with Crippen LogP contribution in [0, 0.1) is 0 Å². The fraction of sp³-hybridized carbons (Fsp3) is 0.500. The van der Waals surface area contributed by atoms with Crippen molar-refractivity contribution >= 4 is 23.6 Å². The van der Waals surface area contributed by atoms with Crippen molar-refractivity contribution in [1.82, 2.24) is 0 Å². The Morgan fingerprint density at radius 2 is 2.18 bits per heavy atom. The number of hydrogen-bond acceptors (Lipinski definition) is 3. The molecule has 4 heteroatoms. The van der Waals surface area contributed by atoms with Gasteiger partial charge in [0, 0.05) is 23.9 Å². The molecule has 0 saturated carbocycles. The van der Waals surface area contributed by atoms with Crippen molar-refractivity contribution in [2.24, 2.45) is 0 Å². The first kappa shape index (κ1) is 16.9. The van der Waals surface area contributed by atoms with E-state index in [1.165, 1.54) is 17.2 Å². The van der Waals surface area contributed by atoms with Gasteiger partial charge in [0.1, 0.15) is 11.4 Å². The molecule has 1 aliphatic rings. The molecular weight excluding hydrogens is 300 g/mol. The largest absolute Gasteiger partial charge is 0.493 e. The van der Waals surface area contributed by atoms with Crippen LogP contribution in [0.3, 0.4) is 0 Å². The van der Waals surface area contributed by atoms with Crippen LogP contribution in [0.4, 0.5) is 0 Å². The Morgan fingerprint density at radius 3 is 2.86 bits per heavy atom. The zero-order valence-corrected chi connectivity index (χ0v) is 14.2. The molecule has 120 valence electrons. The Bertz CT molecular complexity index is 570. The first-order valence-corrected chi connectivity index (χ1v) is 8.19. The molecule has 0 spiro atoms. The van der Waals surface area contributed by atoms with Gasteiger partial charge in [-0.1, -0.05) is 6.07 Å². The summed E-state index contributed by atoms with van der Waals surface area (Å²) >= 11 is 5.80. The van der Waals surface area contributed by atoms with Crippen molar-refractivity contribution in [2.45, 2.75) is 45.6 Å². The predicted molar refractivity (Wildman–Crippen MR) is 89.6 cm³/mol. The van der Waals surface area contributed by atoms with E-state index in [1.807, 2.05) is 32.9 Å². The SMILES string of the molecule is CC(C)(C)OC(=O)/C=C/c1c(CCCCl)ccc2c1CCO2. The van der Waals surface area contributed by atoms with Crippen LogP contribution in [-0.4, -0.2) is 24.1 Å². The maximum absolute atomic E-state index is 11.9. The van der Waals surface area contributed by atoms with Crippen LogP contribution in [0.2, 0.25) is 0 Å². The van der Waals surface area contributed by atoms with Gasteiger partial charge in [-0.2, -0.15) is 0 Å². The summed E-state index contributed by atoms with van der Waals surface area (Å²) in [5.41, 5.74) is 2.97. The minimum absolute atomic E-state index is 0.327. The lowest BCUT2D eigenvalue weighted by atomic mass is 9.96. The van der Waals surface area contributed by atoms with Gasteiger partial charge in [0.2, 0.25) is 0 Å². The van der Waals surface area contributed by atoms with E-state index in [0.29, 0.717) is 12.5 Å². The minimum Gasteiger partial charge on any atom is -0.493 e. The number of alkyl halides is 1.